The number of aryl methyl sites for hydroxylation is 2. The number of thiazole rings is 1. The van der Waals surface area contributed by atoms with E-state index in [-0.39, 0.29) is 5.91 Å². The Balaban J connectivity index is 1.78. The van der Waals surface area contributed by atoms with E-state index in [0.29, 0.717) is 10.6 Å². The lowest BCUT2D eigenvalue weighted by atomic mass is 10.1. The third kappa shape index (κ3) is 3.66. The Morgan fingerprint density at radius 3 is 2.42 bits per heavy atom. The number of benzene rings is 2. The van der Waals surface area contributed by atoms with E-state index in [1.54, 1.807) is 35.6 Å². The quantitative estimate of drug-likeness (QED) is 0.662. The first-order chi connectivity index (χ1) is 11.6. The molecule has 0 saturated heterocycles. The van der Waals surface area contributed by atoms with Gasteiger partial charge in [-0.05, 0) is 49.7 Å². The summed E-state index contributed by atoms with van der Waals surface area (Å²) in [5.41, 5.74) is 3.39. The number of anilines is 1. The molecule has 3 rings (SSSR count). The monoisotopic (exact) mass is 356 g/mol. The van der Waals surface area contributed by atoms with Crippen LogP contribution in [0.5, 0.6) is 0 Å². The number of nitrogens with zero attached hydrogens (tertiary/aromatic N) is 1. The van der Waals surface area contributed by atoms with E-state index >= 15 is 0 Å². The third-order valence-electron chi connectivity index (χ3n) is 3.65. The molecule has 0 saturated carbocycles. The number of hydrogen-bond donors (Lipinski definition) is 1. The van der Waals surface area contributed by atoms with Crippen LogP contribution in [0.2, 0.25) is 5.02 Å². The molecular formula is C19H17ClN2OS. The first-order valence-corrected chi connectivity index (χ1v) is 8.90. The van der Waals surface area contributed by atoms with Crippen LogP contribution in [-0.4, -0.2) is 10.9 Å². The molecule has 2 aromatic carbocycles. The van der Waals surface area contributed by atoms with E-state index in [0.717, 1.165) is 28.4 Å². The maximum absolute atomic E-state index is 12.3. The van der Waals surface area contributed by atoms with Crippen molar-refractivity contribution in [2.45, 2.75) is 20.3 Å². The molecular weight excluding hydrogens is 340 g/mol. The summed E-state index contributed by atoms with van der Waals surface area (Å²) in [5, 5.41) is 4.56. The van der Waals surface area contributed by atoms with Crippen LogP contribution in [0.3, 0.4) is 0 Å². The molecule has 5 heteroatoms. The fourth-order valence-corrected chi connectivity index (χ4v) is 3.47. The average Bonchev–Trinajstić information content (AvgIpc) is 2.98. The summed E-state index contributed by atoms with van der Waals surface area (Å²) < 4.78 is 0. The van der Waals surface area contributed by atoms with Crippen molar-refractivity contribution in [2.24, 2.45) is 0 Å². The van der Waals surface area contributed by atoms with Gasteiger partial charge in [0, 0.05) is 26.7 Å². The minimum atomic E-state index is -0.144. The molecule has 0 unspecified atom stereocenters. The molecule has 0 fully saturated rings. The lowest BCUT2D eigenvalue weighted by molar-refractivity contribution is 0.102. The van der Waals surface area contributed by atoms with Gasteiger partial charge >= 0.3 is 0 Å². The van der Waals surface area contributed by atoms with Crippen LogP contribution in [0.25, 0.3) is 11.3 Å². The van der Waals surface area contributed by atoms with Crippen molar-refractivity contribution in [1.82, 2.24) is 4.98 Å². The number of carbonyl (C=O) groups is 1. The smallest absolute Gasteiger partial charge is 0.255 e. The van der Waals surface area contributed by atoms with Gasteiger partial charge in [0.25, 0.3) is 5.91 Å². The molecule has 0 bridgehead atoms. The Bertz CT molecular complexity index is 854. The number of nitrogens with one attached hydrogen (secondary N) is 1. The highest BCUT2D eigenvalue weighted by Crippen LogP contribution is 2.28. The van der Waals surface area contributed by atoms with Gasteiger partial charge in [0.05, 0.1) is 10.7 Å². The van der Waals surface area contributed by atoms with E-state index in [9.17, 15) is 4.79 Å². The van der Waals surface area contributed by atoms with Gasteiger partial charge < -0.3 is 5.32 Å². The summed E-state index contributed by atoms with van der Waals surface area (Å²) in [4.78, 5) is 18.2. The number of hydrogen-bond acceptors (Lipinski definition) is 3. The normalized spacial score (nSPS) is 10.6. The highest BCUT2D eigenvalue weighted by atomic mass is 35.5. The molecule has 3 aromatic rings. The minimum absolute atomic E-state index is 0.144. The molecule has 0 aliphatic heterocycles. The molecule has 122 valence electrons. The van der Waals surface area contributed by atoms with Crippen molar-refractivity contribution in [3.05, 3.63) is 69.0 Å². The van der Waals surface area contributed by atoms with E-state index < -0.39 is 0 Å². The number of amides is 1. The van der Waals surface area contributed by atoms with Gasteiger partial charge in [-0.3, -0.25) is 4.79 Å². The Hall–Kier alpha value is -2.17. The Labute approximate surface area is 150 Å². The van der Waals surface area contributed by atoms with Crippen LogP contribution >= 0.6 is 22.9 Å². The van der Waals surface area contributed by atoms with Gasteiger partial charge in [0.2, 0.25) is 0 Å². The Morgan fingerprint density at radius 2 is 1.79 bits per heavy atom. The van der Waals surface area contributed by atoms with Gasteiger partial charge in [0.1, 0.15) is 0 Å². The number of carbonyl (C=O) groups excluding carboxylic acids is 1. The first kappa shape index (κ1) is 16.7. The predicted molar refractivity (Wildman–Crippen MR) is 101 cm³/mol. The summed E-state index contributed by atoms with van der Waals surface area (Å²) in [6.45, 7) is 4.14. The van der Waals surface area contributed by atoms with Crippen molar-refractivity contribution in [3.8, 4) is 11.3 Å². The standard InChI is InChI=1S/C19H17ClN2OS/c1-3-17-18(21-12(2)24-17)13-4-6-14(7-5-13)19(23)22-16-10-8-15(20)9-11-16/h4-11H,3H2,1-2H3,(H,22,23). The van der Waals surface area contributed by atoms with Gasteiger partial charge in [0.15, 0.2) is 0 Å². The second-order valence-corrected chi connectivity index (χ2v) is 7.12. The van der Waals surface area contributed by atoms with Crippen LogP contribution in [0.4, 0.5) is 5.69 Å². The lowest BCUT2D eigenvalue weighted by Crippen LogP contribution is -2.11. The highest BCUT2D eigenvalue weighted by Gasteiger charge is 2.11. The van der Waals surface area contributed by atoms with Gasteiger partial charge in [-0.2, -0.15) is 0 Å². The predicted octanol–water partition coefficient (Wildman–Crippen LogP) is 5.59. The summed E-state index contributed by atoms with van der Waals surface area (Å²) >= 11 is 7.57. The van der Waals surface area contributed by atoms with Crippen LogP contribution < -0.4 is 5.32 Å². The second kappa shape index (κ2) is 7.16. The van der Waals surface area contributed by atoms with E-state index in [1.807, 2.05) is 31.2 Å². The third-order valence-corrected chi connectivity index (χ3v) is 5.02. The van der Waals surface area contributed by atoms with E-state index in [2.05, 4.69) is 17.2 Å². The highest BCUT2D eigenvalue weighted by molar-refractivity contribution is 7.12. The molecule has 0 radical (unpaired) electrons. The zero-order chi connectivity index (χ0) is 17.1. The van der Waals surface area contributed by atoms with Crippen LogP contribution in [0.1, 0.15) is 27.2 Å². The topological polar surface area (TPSA) is 42.0 Å². The summed E-state index contributed by atoms with van der Waals surface area (Å²) in [7, 11) is 0. The number of aromatic nitrogens is 1. The number of halogens is 1. The molecule has 1 amide bonds. The SMILES string of the molecule is CCc1sc(C)nc1-c1ccc(C(=O)Nc2ccc(Cl)cc2)cc1. The summed E-state index contributed by atoms with van der Waals surface area (Å²) in [5.74, 6) is -0.144. The average molecular weight is 357 g/mol. The van der Waals surface area contributed by atoms with E-state index in [4.69, 9.17) is 11.6 Å². The molecule has 0 aliphatic rings. The fraction of sp³-hybridized carbons (Fsp3) is 0.158. The molecule has 1 heterocycles. The Kier molecular flexibility index (Phi) is 4.97. The molecule has 0 spiro atoms. The van der Waals surface area contributed by atoms with Crippen molar-refractivity contribution in [2.75, 3.05) is 5.32 Å². The van der Waals surface area contributed by atoms with Crippen LogP contribution in [0, 0.1) is 6.92 Å². The maximum atomic E-state index is 12.3. The second-order valence-electron chi connectivity index (χ2n) is 5.40. The first-order valence-electron chi connectivity index (χ1n) is 7.70. The zero-order valence-corrected chi connectivity index (χ0v) is 15.0. The molecule has 1 N–H and O–H groups in total. The summed E-state index contributed by atoms with van der Waals surface area (Å²) in [6, 6.07) is 14.6. The lowest BCUT2D eigenvalue weighted by Gasteiger charge is -2.06. The van der Waals surface area contributed by atoms with Crippen LogP contribution in [-0.2, 0) is 6.42 Å². The summed E-state index contributed by atoms with van der Waals surface area (Å²) in [6.07, 6.45) is 0.958. The molecule has 0 atom stereocenters. The van der Waals surface area contributed by atoms with Crippen LogP contribution in [0.15, 0.2) is 48.5 Å². The minimum Gasteiger partial charge on any atom is -0.322 e. The molecule has 3 nitrogen and oxygen atoms in total. The van der Waals surface area contributed by atoms with Crippen molar-refractivity contribution >= 4 is 34.5 Å². The molecule has 24 heavy (non-hydrogen) atoms. The maximum Gasteiger partial charge on any atom is 0.255 e. The van der Waals surface area contributed by atoms with Gasteiger partial charge in [-0.1, -0.05) is 30.7 Å². The largest absolute Gasteiger partial charge is 0.322 e. The molecule has 1 aromatic heterocycles. The number of rotatable bonds is 4. The Morgan fingerprint density at radius 1 is 1.12 bits per heavy atom. The van der Waals surface area contributed by atoms with E-state index in [1.165, 1.54) is 4.88 Å². The van der Waals surface area contributed by atoms with Crippen molar-refractivity contribution < 1.29 is 4.79 Å². The fourth-order valence-electron chi connectivity index (χ4n) is 2.45. The van der Waals surface area contributed by atoms with Crippen molar-refractivity contribution in [1.29, 1.82) is 0 Å². The van der Waals surface area contributed by atoms with Crippen molar-refractivity contribution in [3.63, 3.8) is 0 Å². The van der Waals surface area contributed by atoms with Gasteiger partial charge in [-0.15, -0.1) is 11.3 Å². The zero-order valence-electron chi connectivity index (χ0n) is 13.5. The van der Waals surface area contributed by atoms with Gasteiger partial charge in [-0.25, -0.2) is 4.98 Å². The molecule has 0 aliphatic carbocycles.